The van der Waals surface area contributed by atoms with Crippen molar-refractivity contribution in [3.8, 4) is 0 Å². The fourth-order valence-electron chi connectivity index (χ4n) is 3.03. The highest BCUT2D eigenvalue weighted by molar-refractivity contribution is 5.89. The van der Waals surface area contributed by atoms with Crippen LogP contribution in [0.15, 0.2) is 0 Å². The molecule has 2 saturated carbocycles. The first-order chi connectivity index (χ1) is 7.69. The maximum absolute atomic E-state index is 11.9. The number of nitrogens with two attached hydrogens (primary N) is 1. The summed E-state index contributed by atoms with van der Waals surface area (Å²) >= 11 is 0. The molecule has 1 heterocycles. The average molecular weight is 261 g/mol. The van der Waals surface area contributed by atoms with E-state index in [9.17, 15) is 4.79 Å². The lowest BCUT2D eigenvalue weighted by Crippen LogP contribution is -2.52. The first-order valence-electron chi connectivity index (χ1n) is 6.40. The number of amides is 1. The number of carbonyl (C=O) groups is 1. The van der Waals surface area contributed by atoms with Crippen molar-refractivity contribution in [3.05, 3.63) is 0 Å². The fourth-order valence-corrected chi connectivity index (χ4v) is 3.03. The van der Waals surface area contributed by atoms with Gasteiger partial charge in [0.15, 0.2) is 0 Å². The molecule has 0 aromatic rings. The Hall–Kier alpha value is -0.320. The predicted octanol–water partition coefficient (Wildman–Crippen LogP) is 0.973. The second kappa shape index (κ2) is 4.75. The lowest BCUT2D eigenvalue weighted by Gasteiger charge is -2.33. The lowest BCUT2D eigenvalue weighted by atomic mass is 9.81. The topological polar surface area (TPSA) is 64.4 Å². The molecule has 4 nitrogen and oxygen atoms in total. The standard InChI is InChI=1S/C12H20N2O2.ClH/c13-12(5-6-12)11(15)14-9-2-1-3-10-8(9)4-7-16-10;/h8-10H,1-7,13H2,(H,14,15);1H. The molecule has 0 aromatic carbocycles. The van der Waals surface area contributed by atoms with Crippen molar-refractivity contribution >= 4 is 18.3 Å². The van der Waals surface area contributed by atoms with Gasteiger partial charge in [-0.3, -0.25) is 4.79 Å². The van der Waals surface area contributed by atoms with Gasteiger partial charge in [0.1, 0.15) is 0 Å². The second-order valence-electron chi connectivity index (χ2n) is 5.53. The van der Waals surface area contributed by atoms with Gasteiger partial charge in [-0.05, 0) is 38.5 Å². The molecule has 3 aliphatic rings. The van der Waals surface area contributed by atoms with Gasteiger partial charge in [0.25, 0.3) is 0 Å². The van der Waals surface area contributed by atoms with E-state index in [1.54, 1.807) is 0 Å². The quantitative estimate of drug-likeness (QED) is 0.778. The van der Waals surface area contributed by atoms with Crippen LogP contribution in [0.4, 0.5) is 0 Å². The van der Waals surface area contributed by atoms with Crippen LogP contribution in [-0.4, -0.2) is 30.2 Å². The number of hydrogen-bond acceptors (Lipinski definition) is 3. The van der Waals surface area contributed by atoms with E-state index >= 15 is 0 Å². The van der Waals surface area contributed by atoms with Crippen molar-refractivity contribution in [2.75, 3.05) is 6.61 Å². The Balaban J connectivity index is 0.00000108. The van der Waals surface area contributed by atoms with Gasteiger partial charge in [-0.15, -0.1) is 12.4 Å². The smallest absolute Gasteiger partial charge is 0.240 e. The van der Waals surface area contributed by atoms with E-state index in [2.05, 4.69) is 5.32 Å². The largest absolute Gasteiger partial charge is 0.378 e. The number of halogens is 1. The average Bonchev–Trinajstić information content (AvgIpc) is 2.85. The Morgan fingerprint density at radius 2 is 2.06 bits per heavy atom. The van der Waals surface area contributed by atoms with Crippen LogP contribution in [0.25, 0.3) is 0 Å². The summed E-state index contributed by atoms with van der Waals surface area (Å²) in [6.45, 7) is 0.857. The summed E-state index contributed by atoms with van der Waals surface area (Å²) in [5, 5.41) is 3.15. The molecule has 3 atom stereocenters. The summed E-state index contributed by atoms with van der Waals surface area (Å²) < 4.78 is 5.69. The molecule has 1 amide bonds. The SMILES string of the molecule is Cl.NC1(C(=O)NC2CCCC3OCCC23)CC1. The first kappa shape index (κ1) is 13.1. The monoisotopic (exact) mass is 260 g/mol. The van der Waals surface area contributed by atoms with E-state index in [1.165, 1.54) is 0 Å². The van der Waals surface area contributed by atoms with E-state index in [0.717, 1.165) is 45.1 Å². The van der Waals surface area contributed by atoms with Crippen LogP contribution >= 0.6 is 12.4 Å². The lowest BCUT2D eigenvalue weighted by molar-refractivity contribution is -0.124. The van der Waals surface area contributed by atoms with E-state index in [4.69, 9.17) is 10.5 Å². The molecule has 0 bridgehead atoms. The van der Waals surface area contributed by atoms with Crippen molar-refractivity contribution < 1.29 is 9.53 Å². The van der Waals surface area contributed by atoms with Crippen molar-refractivity contribution in [2.24, 2.45) is 11.7 Å². The highest BCUT2D eigenvalue weighted by Gasteiger charge is 2.48. The number of hydrogen-bond donors (Lipinski definition) is 2. The zero-order chi connectivity index (χ0) is 11.2. The zero-order valence-corrected chi connectivity index (χ0v) is 10.8. The number of ether oxygens (including phenoxy) is 1. The minimum absolute atomic E-state index is 0. The molecule has 2 aliphatic carbocycles. The van der Waals surface area contributed by atoms with Crippen molar-refractivity contribution in [1.82, 2.24) is 5.32 Å². The third-order valence-electron chi connectivity index (χ3n) is 4.34. The summed E-state index contributed by atoms with van der Waals surface area (Å²) in [4.78, 5) is 11.9. The molecule has 0 aromatic heterocycles. The number of nitrogens with one attached hydrogen (secondary N) is 1. The van der Waals surface area contributed by atoms with Crippen LogP contribution in [0, 0.1) is 5.92 Å². The molecule has 17 heavy (non-hydrogen) atoms. The summed E-state index contributed by atoms with van der Waals surface area (Å²) in [5.74, 6) is 0.588. The highest BCUT2D eigenvalue weighted by Crippen LogP contribution is 2.36. The van der Waals surface area contributed by atoms with Gasteiger partial charge in [-0.2, -0.15) is 0 Å². The van der Waals surface area contributed by atoms with Gasteiger partial charge in [0, 0.05) is 18.6 Å². The van der Waals surface area contributed by atoms with Gasteiger partial charge in [-0.25, -0.2) is 0 Å². The summed E-state index contributed by atoms with van der Waals surface area (Å²) in [6, 6.07) is 0.301. The van der Waals surface area contributed by atoms with Crippen LogP contribution in [-0.2, 0) is 9.53 Å². The Bertz CT molecular complexity index is 307. The van der Waals surface area contributed by atoms with Crippen LogP contribution in [0.2, 0.25) is 0 Å². The summed E-state index contributed by atoms with van der Waals surface area (Å²) in [7, 11) is 0. The van der Waals surface area contributed by atoms with Gasteiger partial charge in [0.05, 0.1) is 11.6 Å². The molecule has 1 aliphatic heterocycles. The van der Waals surface area contributed by atoms with Crippen LogP contribution in [0.3, 0.4) is 0 Å². The normalized spacial score (nSPS) is 37.8. The fraction of sp³-hybridized carbons (Fsp3) is 0.917. The van der Waals surface area contributed by atoms with Gasteiger partial charge in [0.2, 0.25) is 5.91 Å². The molecule has 5 heteroatoms. The summed E-state index contributed by atoms with van der Waals surface area (Å²) in [5.41, 5.74) is 5.37. The predicted molar refractivity (Wildman–Crippen MR) is 67.0 cm³/mol. The molecule has 98 valence electrons. The molecule has 0 radical (unpaired) electrons. The minimum atomic E-state index is -0.535. The minimum Gasteiger partial charge on any atom is -0.378 e. The Morgan fingerprint density at radius 3 is 2.76 bits per heavy atom. The van der Waals surface area contributed by atoms with E-state index < -0.39 is 5.54 Å². The van der Waals surface area contributed by atoms with Crippen LogP contribution in [0.1, 0.15) is 38.5 Å². The molecule has 3 unspecified atom stereocenters. The molecule has 3 rings (SSSR count). The molecule has 3 N–H and O–H groups in total. The van der Waals surface area contributed by atoms with E-state index in [-0.39, 0.29) is 18.3 Å². The van der Waals surface area contributed by atoms with Gasteiger partial charge < -0.3 is 15.8 Å². The van der Waals surface area contributed by atoms with Crippen LogP contribution < -0.4 is 11.1 Å². The molecule has 1 saturated heterocycles. The highest BCUT2D eigenvalue weighted by atomic mass is 35.5. The van der Waals surface area contributed by atoms with Gasteiger partial charge >= 0.3 is 0 Å². The third kappa shape index (κ3) is 2.44. The van der Waals surface area contributed by atoms with Crippen molar-refractivity contribution in [3.63, 3.8) is 0 Å². The second-order valence-corrected chi connectivity index (χ2v) is 5.53. The molecular weight excluding hydrogens is 240 g/mol. The number of carbonyl (C=O) groups excluding carboxylic acids is 1. The molecule has 3 fully saturated rings. The first-order valence-corrected chi connectivity index (χ1v) is 6.40. The number of fused-ring (bicyclic) bond motifs is 1. The Morgan fingerprint density at radius 1 is 1.29 bits per heavy atom. The van der Waals surface area contributed by atoms with E-state index in [1.807, 2.05) is 0 Å². The number of rotatable bonds is 2. The Labute approximate surface area is 108 Å². The molecular formula is C12H21ClN2O2. The van der Waals surface area contributed by atoms with Crippen molar-refractivity contribution in [2.45, 2.75) is 56.2 Å². The Kier molecular flexibility index (Phi) is 3.66. The summed E-state index contributed by atoms with van der Waals surface area (Å²) in [6.07, 6.45) is 6.56. The van der Waals surface area contributed by atoms with Crippen LogP contribution in [0.5, 0.6) is 0 Å². The van der Waals surface area contributed by atoms with Crippen molar-refractivity contribution in [1.29, 1.82) is 0 Å². The van der Waals surface area contributed by atoms with E-state index in [0.29, 0.717) is 18.1 Å². The maximum atomic E-state index is 11.9. The maximum Gasteiger partial charge on any atom is 0.240 e. The zero-order valence-electron chi connectivity index (χ0n) is 9.98. The third-order valence-corrected chi connectivity index (χ3v) is 4.34. The molecule has 0 spiro atoms. The van der Waals surface area contributed by atoms with Gasteiger partial charge in [-0.1, -0.05) is 0 Å².